The lowest BCUT2D eigenvalue weighted by atomic mass is 9.94. The fourth-order valence-electron chi connectivity index (χ4n) is 4.41. The number of rotatable bonds is 7. The molecule has 4 nitrogen and oxygen atoms in total. The van der Waals surface area contributed by atoms with Gasteiger partial charge >= 0.3 is 0 Å². The van der Waals surface area contributed by atoms with Crippen molar-refractivity contribution in [3.8, 4) is 0 Å². The minimum atomic E-state index is -0.190. The van der Waals surface area contributed by atoms with Gasteiger partial charge in [-0.15, -0.1) is 0 Å². The molecule has 0 bridgehead atoms. The van der Waals surface area contributed by atoms with Crippen LogP contribution in [0.2, 0.25) is 0 Å². The zero-order valence-electron chi connectivity index (χ0n) is 16.1. The molecule has 0 spiro atoms. The summed E-state index contributed by atoms with van der Waals surface area (Å²) < 4.78 is 0. The van der Waals surface area contributed by atoms with Crippen LogP contribution in [0, 0.1) is 11.8 Å². The van der Waals surface area contributed by atoms with Gasteiger partial charge in [0.15, 0.2) is 0 Å². The van der Waals surface area contributed by atoms with Gasteiger partial charge in [0.05, 0.1) is 0 Å². The van der Waals surface area contributed by atoms with Crippen molar-refractivity contribution in [1.82, 2.24) is 10.6 Å². The SMILES string of the molecule is O=C(NCCc1ccccc1)[C@@H]1CCC[C@H]1C(=O)N[C@H]1C[C@@H]1c1ccccc1. The number of carbonyl (C=O) groups excluding carboxylic acids is 2. The van der Waals surface area contributed by atoms with Crippen LogP contribution in [0.25, 0.3) is 0 Å². The molecule has 4 atom stereocenters. The summed E-state index contributed by atoms with van der Waals surface area (Å²) in [5.41, 5.74) is 2.50. The molecule has 2 fully saturated rings. The van der Waals surface area contributed by atoms with Crippen molar-refractivity contribution >= 4 is 11.8 Å². The molecule has 0 saturated heterocycles. The van der Waals surface area contributed by atoms with Crippen LogP contribution in [-0.4, -0.2) is 24.4 Å². The van der Waals surface area contributed by atoms with Gasteiger partial charge in [-0.25, -0.2) is 0 Å². The summed E-state index contributed by atoms with van der Waals surface area (Å²) >= 11 is 0. The molecule has 28 heavy (non-hydrogen) atoms. The van der Waals surface area contributed by atoms with Gasteiger partial charge in [-0.2, -0.15) is 0 Å². The summed E-state index contributed by atoms with van der Waals surface area (Å²) in [7, 11) is 0. The largest absolute Gasteiger partial charge is 0.356 e. The predicted octanol–water partition coefficient (Wildman–Crippen LogP) is 3.43. The van der Waals surface area contributed by atoms with E-state index in [2.05, 4.69) is 34.9 Å². The fraction of sp³-hybridized carbons (Fsp3) is 0.417. The van der Waals surface area contributed by atoms with Gasteiger partial charge in [0.25, 0.3) is 0 Å². The lowest BCUT2D eigenvalue weighted by molar-refractivity contribution is -0.133. The number of benzene rings is 2. The second kappa shape index (κ2) is 8.59. The maximum absolute atomic E-state index is 12.8. The van der Waals surface area contributed by atoms with Gasteiger partial charge < -0.3 is 10.6 Å². The first-order valence-corrected chi connectivity index (χ1v) is 10.4. The second-order valence-corrected chi connectivity index (χ2v) is 8.04. The summed E-state index contributed by atoms with van der Waals surface area (Å²) in [5, 5.41) is 6.23. The zero-order chi connectivity index (χ0) is 19.3. The smallest absolute Gasteiger partial charge is 0.224 e. The van der Waals surface area contributed by atoms with Crippen LogP contribution in [0.1, 0.15) is 42.7 Å². The van der Waals surface area contributed by atoms with Crippen molar-refractivity contribution in [2.24, 2.45) is 11.8 Å². The molecule has 2 N–H and O–H groups in total. The number of hydrogen-bond donors (Lipinski definition) is 2. The first kappa shape index (κ1) is 18.7. The van der Waals surface area contributed by atoms with Crippen LogP contribution in [0.3, 0.4) is 0 Å². The topological polar surface area (TPSA) is 58.2 Å². The van der Waals surface area contributed by atoms with Crippen molar-refractivity contribution in [3.05, 3.63) is 71.8 Å². The van der Waals surface area contributed by atoms with Crippen LogP contribution >= 0.6 is 0 Å². The van der Waals surface area contributed by atoms with Crippen molar-refractivity contribution in [2.75, 3.05) is 6.54 Å². The molecule has 2 aliphatic rings. The molecule has 2 amide bonds. The minimum Gasteiger partial charge on any atom is -0.356 e. The Hall–Kier alpha value is -2.62. The van der Waals surface area contributed by atoms with Crippen LogP contribution < -0.4 is 10.6 Å². The number of carbonyl (C=O) groups is 2. The highest BCUT2D eigenvalue weighted by molar-refractivity contribution is 5.88. The van der Waals surface area contributed by atoms with E-state index < -0.39 is 0 Å². The Morgan fingerprint density at radius 1 is 0.857 bits per heavy atom. The molecule has 2 saturated carbocycles. The monoisotopic (exact) mass is 376 g/mol. The van der Waals surface area contributed by atoms with Crippen LogP contribution in [0.5, 0.6) is 0 Å². The molecular formula is C24H28N2O2. The van der Waals surface area contributed by atoms with Gasteiger partial charge in [0, 0.05) is 30.3 Å². The molecule has 2 aromatic carbocycles. The van der Waals surface area contributed by atoms with E-state index in [1.165, 1.54) is 11.1 Å². The molecule has 0 unspecified atom stereocenters. The Kier molecular flexibility index (Phi) is 5.75. The molecule has 146 valence electrons. The maximum Gasteiger partial charge on any atom is 0.224 e. The van der Waals surface area contributed by atoms with Gasteiger partial charge in [-0.1, -0.05) is 67.1 Å². The lowest BCUT2D eigenvalue weighted by Crippen LogP contribution is -2.41. The minimum absolute atomic E-state index is 0.0315. The van der Waals surface area contributed by atoms with Gasteiger partial charge in [-0.05, 0) is 36.8 Å². The van der Waals surface area contributed by atoms with Gasteiger partial charge in [-0.3, -0.25) is 9.59 Å². The normalized spacial score (nSPS) is 25.9. The van der Waals surface area contributed by atoms with E-state index in [1.807, 2.05) is 36.4 Å². The molecule has 4 heteroatoms. The molecular weight excluding hydrogens is 348 g/mol. The Bertz CT molecular complexity index is 806. The van der Waals surface area contributed by atoms with E-state index in [9.17, 15) is 9.59 Å². The van der Waals surface area contributed by atoms with E-state index in [4.69, 9.17) is 0 Å². The van der Waals surface area contributed by atoms with Gasteiger partial charge in [0.1, 0.15) is 0 Å². The first-order chi connectivity index (χ1) is 13.7. The first-order valence-electron chi connectivity index (χ1n) is 10.4. The van der Waals surface area contributed by atoms with Gasteiger partial charge in [0.2, 0.25) is 11.8 Å². The maximum atomic E-state index is 12.8. The van der Waals surface area contributed by atoms with E-state index >= 15 is 0 Å². The number of amides is 2. The Labute approximate surface area is 166 Å². The lowest BCUT2D eigenvalue weighted by Gasteiger charge is -2.19. The van der Waals surface area contributed by atoms with E-state index in [-0.39, 0.29) is 29.7 Å². The fourth-order valence-corrected chi connectivity index (χ4v) is 4.41. The highest BCUT2D eigenvalue weighted by atomic mass is 16.2. The molecule has 4 rings (SSSR count). The average molecular weight is 377 g/mol. The highest BCUT2D eigenvalue weighted by Gasteiger charge is 2.43. The summed E-state index contributed by atoms with van der Waals surface area (Å²) in [6.45, 7) is 0.617. The molecule has 0 aromatic heterocycles. The van der Waals surface area contributed by atoms with Crippen LogP contribution in [0.15, 0.2) is 60.7 Å². The van der Waals surface area contributed by atoms with Crippen LogP contribution in [0.4, 0.5) is 0 Å². The molecule has 0 radical (unpaired) electrons. The average Bonchev–Trinajstić information content (AvgIpc) is 3.31. The Morgan fingerprint density at radius 2 is 1.50 bits per heavy atom. The Morgan fingerprint density at radius 3 is 2.21 bits per heavy atom. The Balaban J connectivity index is 1.26. The number of hydrogen-bond acceptors (Lipinski definition) is 2. The van der Waals surface area contributed by atoms with Crippen molar-refractivity contribution in [1.29, 1.82) is 0 Å². The molecule has 0 heterocycles. The molecule has 2 aromatic rings. The third-order valence-electron chi connectivity index (χ3n) is 6.09. The molecule has 0 aliphatic heterocycles. The number of nitrogens with one attached hydrogen (secondary N) is 2. The quantitative estimate of drug-likeness (QED) is 0.778. The van der Waals surface area contributed by atoms with Crippen LogP contribution in [-0.2, 0) is 16.0 Å². The third-order valence-corrected chi connectivity index (χ3v) is 6.09. The van der Waals surface area contributed by atoms with Crippen molar-refractivity contribution in [3.63, 3.8) is 0 Å². The second-order valence-electron chi connectivity index (χ2n) is 8.04. The summed E-state index contributed by atoms with van der Waals surface area (Å²) in [5.74, 6) is 0.135. The summed E-state index contributed by atoms with van der Waals surface area (Å²) in [4.78, 5) is 25.4. The highest BCUT2D eigenvalue weighted by Crippen LogP contribution is 2.41. The predicted molar refractivity (Wildman–Crippen MR) is 110 cm³/mol. The van der Waals surface area contributed by atoms with Crippen molar-refractivity contribution in [2.45, 2.75) is 44.1 Å². The summed E-state index contributed by atoms with van der Waals surface area (Å²) in [6, 6.07) is 20.7. The van der Waals surface area contributed by atoms with E-state index in [0.717, 1.165) is 32.1 Å². The zero-order valence-corrected chi connectivity index (χ0v) is 16.1. The third kappa shape index (κ3) is 4.44. The summed E-state index contributed by atoms with van der Waals surface area (Å²) in [6.07, 6.45) is 4.38. The van der Waals surface area contributed by atoms with E-state index in [1.54, 1.807) is 0 Å². The molecule has 2 aliphatic carbocycles. The van der Waals surface area contributed by atoms with E-state index in [0.29, 0.717) is 12.5 Å². The van der Waals surface area contributed by atoms with Crippen molar-refractivity contribution < 1.29 is 9.59 Å². The standard InChI is InChI=1S/C24H28N2O2/c27-23(25-15-14-17-8-3-1-4-9-17)19-12-7-13-20(19)24(28)26-22-16-21(22)18-10-5-2-6-11-18/h1-6,8-11,19-22H,7,12-16H2,(H,25,27)(H,26,28)/t19-,20-,21-,22+/m1/s1.